The largest absolute Gasteiger partial charge is 0.497 e. The highest BCUT2D eigenvalue weighted by Gasteiger charge is 2.25. The molecule has 0 spiro atoms. The normalized spacial score (nSPS) is 10.4. The predicted octanol–water partition coefficient (Wildman–Crippen LogP) is 13.0. The van der Waals surface area contributed by atoms with E-state index in [1.807, 2.05) is 105 Å². The summed E-state index contributed by atoms with van der Waals surface area (Å²) in [6.45, 7) is 5.34. The zero-order chi connectivity index (χ0) is 44.5. The molecule has 0 fully saturated rings. The molecular weight excluding hydrogens is 789 g/mol. The van der Waals surface area contributed by atoms with E-state index in [4.69, 9.17) is 37.9 Å². The van der Waals surface area contributed by atoms with E-state index in [0.717, 1.165) is 82.7 Å². The number of unbranched alkanes of at least 4 members (excludes halogenated alkanes) is 8. The molecule has 8 nitrogen and oxygen atoms in total. The third-order valence-electron chi connectivity index (χ3n) is 10.7. The number of benzene rings is 5. The molecule has 0 aliphatic carbocycles. The van der Waals surface area contributed by atoms with Crippen LogP contribution in [0.25, 0.3) is 11.1 Å². The minimum atomic E-state index is 0.302. The van der Waals surface area contributed by atoms with E-state index in [2.05, 4.69) is 29.7 Å². The molecule has 0 radical (unpaired) electrons. The van der Waals surface area contributed by atoms with Crippen LogP contribution in [-0.2, 0) is 26.2 Å². The van der Waals surface area contributed by atoms with E-state index in [9.17, 15) is 0 Å². The van der Waals surface area contributed by atoms with Crippen LogP contribution in [0, 0.1) is 23.7 Å². The molecule has 63 heavy (non-hydrogen) atoms. The molecule has 0 bridgehead atoms. The van der Waals surface area contributed by atoms with Crippen molar-refractivity contribution in [3.8, 4) is 80.8 Å². The lowest BCUT2D eigenvalue weighted by molar-refractivity contribution is 0.276. The van der Waals surface area contributed by atoms with Crippen LogP contribution in [0.15, 0.2) is 97.1 Å². The van der Waals surface area contributed by atoms with Crippen molar-refractivity contribution in [2.75, 3.05) is 35.0 Å². The van der Waals surface area contributed by atoms with Gasteiger partial charge in [0, 0.05) is 36.6 Å². The van der Waals surface area contributed by atoms with Crippen LogP contribution in [0.3, 0.4) is 0 Å². The van der Waals surface area contributed by atoms with E-state index in [0.29, 0.717) is 61.6 Å². The second-order valence-corrected chi connectivity index (χ2v) is 15.1. The molecular formula is C55H64O8. The summed E-state index contributed by atoms with van der Waals surface area (Å²) in [5, 5.41) is 0. The Labute approximate surface area is 376 Å². The van der Waals surface area contributed by atoms with Gasteiger partial charge in [-0.05, 0) is 104 Å². The number of aryl methyl sites for hydroxylation is 1. The average Bonchev–Trinajstić information content (AvgIpc) is 3.33. The molecule has 0 heterocycles. The van der Waals surface area contributed by atoms with Crippen molar-refractivity contribution in [3.63, 3.8) is 0 Å². The second-order valence-electron chi connectivity index (χ2n) is 15.1. The summed E-state index contributed by atoms with van der Waals surface area (Å²) in [5.74, 6) is 18.0. The van der Waals surface area contributed by atoms with Crippen LogP contribution < -0.4 is 37.9 Å². The minimum Gasteiger partial charge on any atom is -0.497 e. The number of hydrogen-bond acceptors (Lipinski definition) is 8. The van der Waals surface area contributed by atoms with Gasteiger partial charge in [0.15, 0.2) is 0 Å². The Morgan fingerprint density at radius 2 is 0.810 bits per heavy atom. The average molecular weight is 853 g/mol. The summed E-state index contributed by atoms with van der Waals surface area (Å²) < 4.78 is 49.1. The lowest BCUT2D eigenvalue weighted by atomic mass is 9.93. The number of hydrogen-bond donors (Lipinski definition) is 0. The Bertz CT molecular complexity index is 2170. The first-order valence-electron chi connectivity index (χ1n) is 22.1. The van der Waals surface area contributed by atoms with Crippen molar-refractivity contribution >= 4 is 0 Å². The maximum Gasteiger partial charge on any atom is 0.135 e. The SMILES string of the molecule is CC#CCCCCCCCCCOc1cc(OCc2ccc(OC)cc2)c(-c2c(CCCC#CC)cc(OCc3ccc(OC)cc3)cc2OC)c(OCc2ccc(OC)cc2)c1. The van der Waals surface area contributed by atoms with Crippen molar-refractivity contribution in [2.24, 2.45) is 0 Å². The van der Waals surface area contributed by atoms with Gasteiger partial charge in [0.1, 0.15) is 65.8 Å². The van der Waals surface area contributed by atoms with Crippen LogP contribution >= 0.6 is 0 Å². The molecule has 5 aromatic carbocycles. The van der Waals surface area contributed by atoms with Gasteiger partial charge in [-0.3, -0.25) is 0 Å². The van der Waals surface area contributed by atoms with Crippen LogP contribution in [0.2, 0.25) is 0 Å². The smallest absolute Gasteiger partial charge is 0.135 e. The van der Waals surface area contributed by atoms with Gasteiger partial charge in [-0.25, -0.2) is 0 Å². The fourth-order valence-corrected chi connectivity index (χ4v) is 7.15. The van der Waals surface area contributed by atoms with Gasteiger partial charge in [0.05, 0.1) is 40.6 Å². The topological polar surface area (TPSA) is 73.8 Å². The van der Waals surface area contributed by atoms with Crippen molar-refractivity contribution in [1.82, 2.24) is 0 Å². The monoisotopic (exact) mass is 852 g/mol. The van der Waals surface area contributed by atoms with Crippen LogP contribution in [0.1, 0.15) is 100 Å². The van der Waals surface area contributed by atoms with Crippen LogP contribution in [-0.4, -0.2) is 35.0 Å². The van der Waals surface area contributed by atoms with E-state index in [-0.39, 0.29) is 0 Å². The molecule has 0 saturated carbocycles. The number of ether oxygens (including phenoxy) is 8. The highest BCUT2D eigenvalue weighted by Crippen LogP contribution is 2.49. The quantitative estimate of drug-likeness (QED) is 0.0382. The molecule has 5 aromatic rings. The van der Waals surface area contributed by atoms with Crippen molar-refractivity contribution in [2.45, 2.75) is 104 Å². The lowest BCUT2D eigenvalue weighted by Gasteiger charge is -2.23. The Morgan fingerprint density at radius 1 is 0.381 bits per heavy atom. The van der Waals surface area contributed by atoms with Crippen LogP contribution in [0.5, 0.6) is 46.0 Å². The minimum absolute atomic E-state index is 0.302. The van der Waals surface area contributed by atoms with Crippen molar-refractivity contribution in [3.05, 3.63) is 119 Å². The molecule has 0 N–H and O–H groups in total. The summed E-state index contributed by atoms with van der Waals surface area (Å²) in [5.41, 5.74) is 5.64. The van der Waals surface area contributed by atoms with E-state index in [1.54, 1.807) is 28.4 Å². The van der Waals surface area contributed by atoms with E-state index >= 15 is 0 Å². The van der Waals surface area contributed by atoms with Crippen LogP contribution in [0.4, 0.5) is 0 Å². The summed E-state index contributed by atoms with van der Waals surface area (Å²) >= 11 is 0. The van der Waals surface area contributed by atoms with E-state index < -0.39 is 0 Å². The fourth-order valence-electron chi connectivity index (χ4n) is 7.15. The number of rotatable bonds is 27. The zero-order valence-electron chi connectivity index (χ0n) is 38.1. The first-order chi connectivity index (χ1) is 31.0. The molecule has 0 atom stereocenters. The summed E-state index contributed by atoms with van der Waals surface area (Å²) in [6, 6.07) is 31.7. The molecule has 0 saturated heterocycles. The van der Waals surface area contributed by atoms with Gasteiger partial charge in [0.25, 0.3) is 0 Å². The first-order valence-corrected chi connectivity index (χ1v) is 22.1. The second kappa shape index (κ2) is 26.8. The zero-order valence-corrected chi connectivity index (χ0v) is 38.1. The highest BCUT2D eigenvalue weighted by molar-refractivity contribution is 5.85. The molecule has 0 aromatic heterocycles. The standard InChI is InChI=1S/C55H64O8/c1-7-9-11-13-14-15-16-17-18-20-34-60-50-37-52(62-40-43-24-30-47(57-4)31-25-43)55(53(38-50)63-41-44-26-32-48(58-5)33-27-44)54-45(21-19-12-10-8-2)35-49(36-51(54)59-6)61-39-42-22-28-46(56-3)29-23-42/h22-33,35-38H,11-21,34,39-41H2,1-6H3. The third-order valence-corrected chi connectivity index (χ3v) is 10.7. The molecule has 332 valence electrons. The first kappa shape index (κ1) is 47.7. The maximum absolute atomic E-state index is 6.83. The maximum atomic E-state index is 6.83. The highest BCUT2D eigenvalue weighted by atomic mass is 16.5. The van der Waals surface area contributed by atoms with E-state index in [1.165, 1.54) is 32.1 Å². The Kier molecular flexibility index (Phi) is 20.3. The van der Waals surface area contributed by atoms with Gasteiger partial charge in [0.2, 0.25) is 0 Å². The molecule has 0 unspecified atom stereocenters. The summed E-state index contributed by atoms with van der Waals surface area (Å²) in [6.07, 6.45) is 11.4. The van der Waals surface area contributed by atoms with Crippen molar-refractivity contribution < 1.29 is 37.9 Å². The van der Waals surface area contributed by atoms with Gasteiger partial charge >= 0.3 is 0 Å². The fraction of sp³-hybridized carbons (Fsp3) is 0.382. The molecule has 5 rings (SSSR count). The molecule has 0 aliphatic rings. The van der Waals surface area contributed by atoms with Gasteiger partial charge in [-0.1, -0.05) is 68.5 Å². The lowest BCUT2D eigenvalue weighted by Crippen LogP contribution is -2.06. The number of methoxy groups -OCH3 is 4. The van der Waals surface area contributed by atoms with Gasteiger partial charge in [-0.15, -0.1) is 23.7 Å². The Balaban J connectivity index is 1.53. The Hall–Kier alpha value is -6.38. The predicted molar refractivity (Wildman–Crippen MR) is 253 cm³/mol. The molecule has 8 heteroatoms. The summed E-state index contributed by atoms with van der Waals surface area (Å²) in [4.78, 5) is 0. The summed E-state index contributed by atoms with van der Waals surface area (Å²) in [7, 11) is 6.68. The Morgan fingerprint density at radius 3 is 1.29 bits per heavy atom. The third kappa shape index (κ3) is 15.5. The van der Waals surface area contributed by atoms with Gasteiger partial charge < -0.3 is 37.9 Å². The molecule has 0 aliphatic heterocycles. The molecule has 0 amide bonds. The van der Waals surface area contributed by atoms with Crippen molar-refractivity contribution in [1.29, 1.82) is 0 Å². The van der Waals surface area contributed by atoms with Gasteiger partial charge in [-0.2, -0.15) is 0 Å².